The molecule has 0 spiro atoms. The van der Waals surface area contributed by atoms with Crippen molar-refractivity contribution in [2.24, 2.45) is 11.8 Å². The number of hydrogen-bond donors (Lipinski definition) is 1. The molecule has 0 bridgehead atoms. The Balaban J connectivity index is 1.77. The highest BCUT2D eigenvalue weighted by Gasteiger charge is 2.51. The van der Waals surface area contributed by atoms with Gasteiger partial charge in [-0.3, -0.25) is 0 Å². The van der Waals surface area contributed by atoms with Gasteiger partial charge in [0.2, 0.25) is 0 Å². The van der Waals surface area contributed by atoms with Gasteiger partial charge < -0.3 is 14.9 Å². The fraction of sp³-hybridized carbons (Fsp3) is 0.867. The van der Waals surface area contributed by atoms with Gasteiger partial charge in [0.25, 0.3) is 0 Å². The second kappa shape index (κ2) is 5.26. The Morgan fingerprint density at radius 2 is 2.00 bits per heavy atom. The quantitative estimate of drug-likeness (QED) is 0.858. The van der Waals surface area contributed by atoms with E-state index in [-0.39, 0.29) is 11.9 Å². The van der Waals surface area contributed by atoms with E-state index in [1.54, 1.807) is 4.90 Å². The van der Waals surface area contributed by atoms with Crippen LogP contribution in [0.15, 0.2) is 0 Å². The van der Waals surface area contributed by atoms with Crippen molar-refractivity contribution < 1.29 is 14.7 Å². The van der Waals surface area contributed by atoms with E-state index in [4.69, 9.17) is 0 Å². The predicted octanol–water partition coefficient (Wildman–Crippen LogP) is 2.17. The van der Waals surface area contributed by atoms with E-state index in [1.165, 1.54) is 0 Å². The molecule has 3 unspecified atom stereocenters. The number of carboxylic acid groups (broad SMARTS) is 1. The number of aliphatic carboxylic acids is 1. The summed E-state index contributed by atoms with van der Waals surface area (Å²) in [6, 6.07) is -0.262. The van der Waals surface area contributed by atoms with E-state index in [2.05, 4.69) is 6.92 Å². The summed E-state index contributed by atoms with van der Waals surface area (Å²) in [7, 11) is 0. The van der Waals surface area contributed by atoms with Crippen LogP contribution in [0.5, 0.6) is 0 Å². The van der Waals surface area contributed by atoms with Gasteiger partial charge in [-0.15, -0.1) is 0 Å². The monoisotopic (exact) mass is 280 g/mol. The highest BCUT2D eigenvalue weighted by molar-refractivity contribution is 5.84. The summed E-state index contributed by atoms with van der Waals surface area (Å²) in [5, 5.41) is 9.53. The number of carboxylic acids is 1. The molecular weight excluding hydrogens is 256 g/mol. The SMILES string of the molecule is CCCN(C(=O)N1CC2CCCC2C1C(=O)O)C1CC1. The number of nitrogens with zero attached hydrogens (tertiary/aromatic N) is 2. The van der Waals surface area contributed by atoms with Gasteiger partial charge in [-0.25, -0.2) is 9.59 Å². The zero-order chi connectivity index (χ0) is 14.3. The number of fused-ring (bicyclic) bond motifs is 1. The molecule has 1 N–H and O–H groups in total. The topological polar surface area (TPSA) is 60.9 Å². The van der Waals surface area contributed by atoms with E-state index in [1.807, 2.05) is 4.90 Å². The Hall–Kier alpha value is -1.26. The van der Waals surface area contributed by atoms with Gasteiger partial charge in [-0.1, -0.05) is 13.3 Å². The van der Waals surface area contributed by atoms with Crippen LogP contribution >= 0.6 is 0 Å². The molecule has 3 aliphatic rings. The third-order valence-corrected chi connectivity index (χ3v) is 5.09. The minimum Gasteiger partial charge on any atom is -0.480 e. The van der Waals surface area contributed by atoms with Gasteiger partial charge >= 0.3 is 12.0 Å². The Morgan fingerprint density at radius 3 is 2.60 bits per heavy atom. The number of carbonyl (C=O) groups is 2. The minimum absolute atomic E-state index is 0.0313. The lowest BCUT2D eigenvalue weighted by atomic mass is 9.94. The Kier molecular flexibility index (Phi) is 3.61. The number of amides is 2. The standard InChI is InChI=1S/C15H24N2O3/c1-2-8-16(11-6-7-11)15(20)17-9-10-4-3-5-12(10)13(17)14(18)19/h10-13H,2-9H2,1H3,(H,18,19). The maximum atomic E-state index is 12.8. The van der Waals surface area contributed by atoms with Crippen molar-refractivity contribution in [2.45, 2.75) is 57.5 Å². The molecule has 2 saturated carbocycles. The molecule has 0 radical (unpaired) electrons. The molecule has 3 atom stereocenters. The molecule has 1 saturated heterocycles. The molecule has 0 aromatic rings. The van der Waals surface area contributed by atoms with Crippen LogP contribution in [0.1, 0.15) is 45.4 Å². The third-order valence-electron chi connectivity index (χ3n) is 5.09. The number of rotatable bonds is 4. The normalized spacial score (nSPS) is 32.2. The van der Waals surface area contributed by atoms with Gasteiger partial charge in [0.15, 0.2) is 0 Å². The first-order chi connectivity index (χ1) is 9.63. The van der Waals surface area contributed by atoms with Crippen LogP contribution in [0.25, 0.3) is 0 Å². The third kappa shape index (κ3) is 2.27. The fourth-order valence-electron chi connectivity index (χ4n) is 4.05. The van der Waals surface area contributed by atoms with Gasteiger partial charge in [0, 0.05) is 19.1 Å². The number of carbonyl (C=O) groups excluding carboxylic acids is 1. The molecule has 0 aromatic carbocycles. The summed E-state index contributed by atoms with van der Waals surface area (Å²) < 4.78 is 0. The molecule has 5 heteroatoms. The van der Waals surface area contributed by atoms with E-state index in [0.29, 0.717) is 18.5 Å². The van der Waals surface area contributed by atoms with Gasteiger partial charge in [0.1, 0.15) is 6.04 Å². The molecule has 20 heavy (non-hydrogen) atoms. The molecule has 1 aliphatic heterocycles. The molecule has 5 nitrogen and oxygen atoms in total. The van der Waals surface area contributed by atoms with Crippen LogP contribution in [-0.4, -0.2) is 52.1 Å². The maximum Gasteiger partial charge on any atom is 0.326 e. The van der Waals surface area contributed by atoms with Gasteiger partial charge in [-0.2, -0.15) is 0 Å². The molecule has 0 aromatic heterocycles. The Morgan fingerprint density at radius 1 is 1.25 bits per heavy atom. The molecule has 2 aliphatic carbocycles. The van der Waals surface area contributed by atoms with Crippen LogP contribution in [0.2, 0.25) is 0 Å². The molecule has 1 heterocycles. The number of urea groups is 1. The minimum atomic E-state index is -0.819. The lowest BCUT2D eigenvalue weighted by Gasteiger charge is -2.31. The van der Waals surface area contributed by atoms with E-state index >= 15 is 0 Å². The van der Waals surface area contributed by atoms with E-state index in [0.717, 1.165) is 45.1 Å². The van der Waals surface area contributed by atoms with Crippen molar-refractivity contribution in [3.63, 3.8) is 0 Å². The average Bonchev–Trinajstić information content (AvgIpc) is 3.02. The van der Waals surface area contributed by atoms with Gasteiger partial charge in [-0.05, 0) is 43.9 Å². The highest BCUT2D eigenvalue weighted by Crippen LogP contribution is 2.43. The molecule has 3 fully saturated rings. The van der Waals surface area contributed by atoms with E-state index < -0.39 is 12.0 Å². The van der Waals surface area contributed by atoms with Crippen LogP contribution < -0.4 is 0 Å². The van der Waals surface area contributed by atoms with Crippen LogP contribution in [-0.2, 0) is 4.79 Å². The second-order valence-corrected chi connectivity index (χ2v) is 6.50. The van der Waals surface area contributed by atoms with Crippen LogP contribution in [0.4, 0.5) is 4.79 Å². The molecule has 112 valence electrons. The summed E-state index contributed by atoms with van der Waals surface area (Å²) in [4.78, 5) is 27.9. The summed E-state index contributed by atoms with van der Waals surface area (Å²) in [6.45, 7) is 3.46. The van der Waals surface area contributed by atoms with E-state index in [9.17, 15) is 14.7 Å². The first kappa shape index (κ1) is 13.7. The van der Waals surface area contributed by atoms with Crippen molar-refractivity contribution >= 4 is 12.0 Å². The molecular formula is C15H24N2O3. The van der Waals surface area contributed by atoms with Crippen molar-refractivity contribution in [2.75, 3.05) is 13.1 Å². The first-order valence-corrected chi connectivity index (χ1v) is 7.93. The van der Waals surface area contributed by atoms with Crippen LogP contribution in [0, 0.1) is 11.8 Å². The maximum absolute atomic E-state index is 12.8. The Bertz CT molecular complexity index is 408. The molecule has 2 amide bonds. The zero-order valence-electron chi connectivity index (χ0n) is 12.1. The lowest BCUT2D eigenvalue weighted by Crippen LogP contribution is -2.50. The van der Waals surface area contributed by atoms with Crippen molar-refractivity contribution in [3.8, 4) is 0 Å². The first-order valence-electron chi connectivity index (χ1n) is 7.93. The van der Waals surface area contributed by atoms with Crippen molar-refractivity contribution in [3.05, 3.63) is 0 Å². The van der Waals surface area contributed by atoms with Crippen LogP contribution in [0.3, 0.4) is 0 Å². The summed E-state index contributed by atoms with van der Waals surface area (Å²) in [6.07, 6.45) is 6.23. The summed E-state index contributed by atoms with van der Waals surface area (Å²) in [5.74, 6) is -0.234. The van der Waals surface area contributed by atoms with Crippen molar-refractivity contribution in [1.29, 1.82) is 0 Å². The number of likely N-dealkylation sites (tertiary alicyclic amines) is 1. The number of hydrogen-bond acceptors (Lipinski definition) is 2. The summed E-state index contributed by atoms with van der Waals surface area (Å²) in [5.41, 5.74) is 0. The zero-order valence-corrected chi connectivity index (χ0v) is 12.1. The lowest BCUT2D eigenvalue weighted by molar-refractivity contribution is -0.142. The molecule has 3 rings (SSSR count). The van der Waals surface area contributed by atoms with Crippen molar-refractivity contribution in [1.82, 2.24) is 9.80 Å². The largest absolute Gasteiger partial charge is 0.480 e. The van der Waals surface area contributed by atoms with Gasteiger partial charge in [0.05, 0.1) is 0 Å². The highest BCUT2D eigenvalue weighted by atomic mass is 16.4. The summed E-state index contributed by atoms with van der Waals surface area (Å²) >= 11 is 0. The predicted molar refractivity (Wildman–Crippen MR) is 74.4 cm³/mol. The Labute approximate surface area is 119 Å². The second-order valence-electron chi connectivity index (χ2n) is 6.50. The average molecular weight is 280 g/mol. The fourth-order valence-corrected chi connectivity index (χ4v) is 4.05. The smallest absolute Gasteiger partial charge is 0.326 e.